The summed E-state index contributed by atoms with van der Waals surface area (Å²) in [6, 6.07) is 10.9. The van der Waals surface area contributed by atoms with E-state index in [9.17, 15) is 26.9 Å². The van der Waals surface area contributed by atoms with Crippen LogP contribution in [0.1, 0.15) is 6.92 Å². The molecule has 182 valence electrons. The molecule has 0 unspecified atom stereocenters. The number of hydrogen-bond donors (Lipinski definition) is 0. The van der Waals surface area contributed by atoms with Crippen LogP contribution < -0.4 is 4.18 Å². The van der Waals surface area contributed by atoms with Crippen molar-refractivity contribution in [2.45, 2.75) is 16.7 Å². The van der Waals surface area contributed by atoms with Crippen LogP contribution in [-0.2, 0) is 20.0 Å². The summed E-state index contributed by atoms with van der Waals surface area (Å²) in [5.41, 5.74) is -0.207. The molecular formula is C21H14Cl2N2O8S2. The molecule has 1 aromatic heterocycles. The van der Waals surface area contributed by atoms with Crippen LogP contribution in [0.15, 0.2) is 68.8 Å². The molecule has 14 heteroatoms. The van der Waals surface area contributed by atoms with Crippen LogP contribution in [0.25, 0.3) is 22.6 Å². The predicted octanol–water partition coefficient (Wildman–Crippen LogP) is 5.27. The van der Waals surface area contributed by atoms with Crippen LogP contribution in [-0.4, -0.2) is 32.5 Å². The third-order valence-electron chi connectivity index (χ3n) is 4.87. The quantitative estimate of drug-likeness (QED) is 0.168. The number of hydrogen-bond acceptors (Lipinski definition) is 9. The third-order valence-corrected chi connectivity index (χ3v) is 8.55. The maximum absolute atomic E-state index is 12.9. The zero-order valence-corrected chi connectivity index (χ0v) is 20.8. The highest BCUT2D eigenvalue weighted by molar-refractivity contribution is 7.91. The molecule has 0 amide bonds. The molecular weight excluding hydrogens is 543 g/mol. The molecule has 4 rings (SSSR count). The van der Waals surface area contributed by atoms with E-state index in [-0.39, 0.29) is 59.6 Å². The van der Waals surface area contributed by atoms with E-state index in [1.807, 2.05) is 0 Å². The lowest BCUT2D eigenvalue weighted by atomic mass is 10.2. The van der Waals surface area contributed by atoms with E-state index in [2.05, 4.69) is 4.98 Å². The fraction of sp³-hybridized carbons (Fsp3) is 0.0952. The summed E-state index contributed by atoms with van der Waals surface area (Å²) >= 11 is 11.8. The Labute approximate surface area is 209 Å². The van der Waals surface area contributed by atoms with Crippen LogP contribution in [0.2, 0.25) is 10.0 Å². The first-order chi connectivity index (χ1) is 16.4. The highest BCUT2D eigenvalue weighted by Crippen LogP contribution is 2.37. The van der Waals surface area contributed by atoms with Gasteiger partial charge in [-0.3, -0.25) is 10.1 Å². The van der Waals surface area contributed by atoms with Crippen LogP contribution in [0, 0.1) is 10.1 Å². The van der Waals surface area contributed by atoms with Crippen molar-refractivity contribution < 1.29 is 30.4 Å². The number of fused-ring (bicyclic) bond motifs is 1. The van der Waals surface area contributed by atoms with Gasteiger partial charge in [-0.2, -0.15) is 8.42 Å². The molecule has 0 aliphatic rings. The van der Waals surface area contributed by atoms with E-state index in [0.29, 0.717) is 0 Å². The van der Waals surface area contributed by atoms with Crippen molar-refractivity contribution in [1.82, 2.24) is 4.98 Å². The van der Waals surface area contributed by atoms with Gasteiger partial charge in [0.15, 0.2) is 21.2 Å². The summed E-state index contributed by atoms with van der Waals surface area (Å²) in [4.78, 5) is 14.5. The van der Waals surface area contributed by atoms with Gasteiger partial charge < -0.3 is 8.60 Å². The van der Waals surface area contributed by atoms with E-state index in [4.69, 9.17) is 31.8 Å². The summed E-state index contributed by atoms with van der Waals surface area (Å²) in [7, 11) is -8.02. The van der Waals surface area contributed by atoms with Crippen molar-refractivity contribution >= 4 is 59.9 Å². The van der Waals surface area contributed by atoms with Gasteiger partial charge in [0.2, 0.25) is 5.89 Å². The Morgan fingerprint density at radius 2 is 1.77 bits per heavy atom. The topological polar surface area (TPSA) is 147 Å². The SMILES string of the molecule is CCS(=O)(=O)c1ccc2oc(-c3cc([N+](=O)[O-])ccc3OS(=O)(=O)c3ccc(Cl)cc3Cl)nc2c1. The van der Waals surface area contributed by atoms with Crippen molar-refractivity contribution in [3.8, 4) is 17.2 Å². The molecule has 0 aliphatic carbocycles. The lowest BCUT2D eigenvalue weighted by Gasteiger charge is -2.11. The minimum atomic E-state index is -4.49. The highest BCUT2D eigenvalue weighted by Gasteiger charge is 2.26. The Bertz CT molecular complexity index is 1700. The number of oxazole rings is 1. The predicted molar refractivity (Wildman–Crippen MR) is 128 cm³/mol. The van der Waals surface area contributed by atoms with Crippen LogP contribution >= 0.6 is 23.2 Å². The average Bonchev–Trinajstić information content (AvgIpc) is 3.22. The second-order valence-electron chi connectivity index (χ2n) is 7.10. The minimum absolute atomic E-state index is 0.0165. The van der Waals surface area contributed by atoms with Crippen LogP contribution in [0.4, 0.5) is 5.69 Å². The number of rotatable bonds is 7. The second kappa shape index (κ2) is 9.11. The van der Waals surface area contributed by atoms with Gasteiger partial charge in [0.05, 0.1) is 26.2 Å². The second-order valence-corrected chi connectivity index (χ2v) is 11.7. The zero-order chi connectivity index (χ0) is 25.5. The van der Waals surface area contributed by atoms with Crippen molar-refractivity contribution in [3.63, 3.8) is 0 Å². The molecule has 0 N–H and O–H groups in total. The Hall–Kier alpha value is -3.19. The maximum atomic E-state index is 12.9. The smallest absolute Gasteiger partial charge is 0.340 e. The number of nitrogens with zero attached hydrogens (tertiary/aromatic N) is 2. The van der Waals surface area contributed by atoms with E-state index in [1.165, 1.54) is 37.3 Å². The molecule has 0 bridgehead atoms. The number of halogens is 2. The summed E-state index contributed by atoms with van der Waals surface area (Å²) < 4.78 is 61.1. The molecule has 0 fully saturated rings. The van der Waals surface area contributed by atoms with Gasteiger partial charge in [0.25, 0.3) is 5.69 Å². The third kappa shape index (κ3) is 4.96. The monoisotopic (exact) mass is 556 g/mol. The Kier molecular flexibility index (Phi) is 6.49. The highest BCUT2D eigenvalue weighted by atomic mass is 35.5. The Morgan fingerprint density at radius 3 is 2.43 bits per heavy atom. The molecule has 0 aliphatic heterocycles. The van der Waals surface area contributed by atoms with Gasteiger partial charge in [-0.1, -0.05) is 30.1 Å². The number of aromatic nitrogens is 1. The van der Waals surface area contributed by atoms with Crippen molar-refractivity contribution in [1.29, 1.82) is 0 Å². The maximum Gasteiger partial charge on any atom is 0.340 e. The summed E-state index contributed by atoms with van der Waals surface area (Å²) in [5, 5.41) is 11.4. The molecule has 0 radical (unpaired) electrons. The molecule has 35 heavy (non-hydrogen) atoms. The number of sulfone groups is 1. The largest absolute Gasteiger partial charge is 0.436 e. The standard InChI is InChI=1S/C21H14Cl2N2O8S2/c1-2-34(28,29)14-5-7-19-17(11-14)24-21(32-19)15-10-13(25(26)27)4-6-18(15)33-35(30,31)20-8-3-12(22)9-16(20)23/h3-11H,2H2,1H3. The van der Waals surface area contributed by atoms with E-state index < -0.39 is 24.9 Å². The van der Waals surface area contributed by atoms with Gasteiger partial charge in [-0.05, 0) is 42.5 Å². The summed E-state index contributed by atoms with van der Waals surface area (Å²) in [6.45, 7) is 1.49. The number of nitro benzene ring substituents is 1. The van der Waals surface area contributed by atoms with E-state index in [0.717, 1.165) is 24.3 Å². The van der Waals surface area contributed by atoms with Crippen molar-refractivity contribution in [3.05, 3.63) is 74.8 Å². The summed E-state index contributed by atoms with van der Waals surface area (Å²) in [6.07, 6.45) is 0. The fourth-order valence-corrected chi connectivity index (χ4v) is 5.69. The van der Waals surface area contributed by atoms with Crippen LogP contribution in [0.3, 0.4) is 0 Å². The normalized spacial score (nSPS) is 12.1. The summed E-state index contributed by atoms with van der Waals surface area (Å²) in [5.74, 6) is -0.672. The van der Waals surface area contributed by atoms with Gasteiger partial charge in [-0.25, -0.2) is 13.4 Å². The van der Waals surface area contributed by atoms with Gasteiger partial charge in [-0.15, -0.1) is 0 Å². The molecule has 0 atom stereocenters. The minimum Gasteiger partial charge on any atom is -0.436 e. The first-order valence-electron chi connectivity index (χ1n) is 9.73. The lowest BCUT2D eigenvalue weighted by molar-refractivity contribution is -0.384. The first-order valence-corrected chi connectivity index (χ1v) is 13.5. The van der Waals surface area contributed by atoms with Crippen molar-refractivity contribution in [2.75, 3.05) is 5.75 Å². The van der Waals surface area contributed by atoms with Gasteiger partial charge in [0.1, 0.15) is 10.4 Å². The molecule has 0 spiro atoms. The first kappa shape index (κ1) is 24.9. The van der Waals surface area contributed by atoms with E-state index in [1.54, 1.807) is 0 Å². The lowest BCUT2D eigenvalue weighted by Crippen LogP contribution is -2.11. The zero-order valence-electron chi connectivity index (χ0n) is 17.6. The average molecular weight is 557 g/mol. The molecule has 0 saturated heterocycles. The van der Waals surface area contributed by atoms with E-state index >= 15 is 0 Å². The Balaban J connectivity index is 1.85. The molecule has 1 heterocycles. The van der Waals surface area contributed by atoms with Gasteiger partial charge >= 0.3 is 10.1 Å². The molecule has 3 aromatic carbocycles. The van der Waals surface area contributed by atoms with Gasteiger partial charge in [0, 0.05) is 17.2 Å². The van der Waals surface area contributed by atoms with Crippen molar-refractivity contribution in [2.24, 2.45) is 0 Å². The molecule has 4 aromatic rings. The molecule has 0 saturated carbocycles. The molecule has 10 nitrogen and oxygen atoms in total. The van der Waals surface area contributed by atoms with Crippen LogP contribution in [0.5, 0.6) is 5.75 Å². The number of non-ortho nitro benzene ring substituents is 1. The number of benzene rings is 3. The fourth-order valence-electron chi connectivity index (χ4n) is 3.09. The number of nitro groups is 1. The Morgan fingerprint density at radius 1 is 1.03 bits per heavy atom.